The summed E-state index contributed by atoms with van der Waals surface area (Å²) >= 11 is 1.34. The molecule has 3 heterocycles. The topological polar surface area (TPSA) is 102 Å². The van der Waals surface area contributed by atoms with Gasteiger partial charge in [0.25, 0.3) is 11.5 Å². The molecule has 3 rings (SSSR count). The molecule has 0 aromatic carbocycles. The highest BCUT2D eigenvalue weighted by molar-refractivity contribution is 7.14. The molecule has 3 aromatic rings. The number of aryl methyl sites for hydroxylation is 2. The van der Waals surface area contributed by atoms with E-state index in [1.54, 1.807) is 17.6 Å². The second kappa shape index (κ2) is 8.34. The van der Waals surface area contributed by atoms with Gasteiger partial charge in [0.2, 0.25) is 0 Å². The average molecular weight is 370 g/mol. The zero-order chi connectivity index (χ0) is 18.4. The molecule has 0 aliphatic heterocycles. The summed E-state index contributed by atoms with van der Waals surface area (Å²) in [6, 6.07) is 8.71. The monoisotopic (exact) mass is 370 g/mol. The Labute approximate surface area is 153 Å². The summed E-state index contributed by atoms with van der Waals surface area (Å²) in [5, 5.41) is 12.1. The van der Waals surface area contributed by atoms with Crippen LogP contribution in [0.1, 0.15) is 22.6 Å². The predicted molar refractivity (Wildman–Crippen MR) is 99.8 cm³/mol. The molecule has 0 radical (unpaired) electrons. The van der Waals surface area contributed by atoms with Crippen LogP contribution in [0.3, 0.4) is 0 Å². The van der Waals surface area contributed by atoms with Gasteiger partial charge in [0, 0.05) is 36.4 Å². The Morgan fingerprint density at radius 1 is 1.23 bits per heavy atom. The number of aromatic nitrogens is 4. The van der Waals surface area contributed by atoms with Crippen LogP contribution in [0.15, 0.2) is 46.7 Å². The van der Waals surface area contributed by atoms with E-state index < -0.39 is 0 Å². The number of hydrogen-bond donors (Lipinski definition) is 2. The number of anilines is 2. The largest absolute Gasteiger partial charge is 0.351 e. The number of carbonyl (C=O) groups excluding carboxylic acids is 1. The summed E-state index contributed by atoms with van der Waals surface area (Å²) in [5.41, 5.74) is 1.09. The van der Waals surface area contributed by atoms with E-state index in [2.05, 4.69) is 25.7 Å². The zero-order valence-corrected chi connectivity index (χ0v) is 15.0. The van der Waals surface area contributed by atoms with Crippen LogP contribution >= 0.6 is 11.3 Å². The maximum absolute atomic E-state index is 12.1. The third-order valence-corrected chi connectivity index (χ3v) is 4.24. The fourth-order valence-corrected chi connectivity index (χ4v) is 2.93. The van der Waals surface area contributed by atoms with Crippen molar-refractivity contribution in [2.75, 3.05) is 11.9 Å². The third-order valence-electron chi connectivity index (χ3n) is 3.48. The molecule has 0 fully saturated rings. The maximum Gasteiger partial charge on any atom is 0.270 e. The van der Waals surface area contributed by atoms with Gasteiger partial charge in [-0.2, -0.15) is 5.10 Å². The van der Waals surface area contributed by atoms with E-state index in [-0.39, 0.29) is 11.5 Å². The molecule has 0 aliphatic rings. The number of nitrogens with zero attached hydrogens (tertiary/aromatic N) is 4. The lowest BCUT2D eigenvalue weighted by Crippen LogP contribution is -2.27. The van der Waals surface area contributed by atoms with Crippen LogP contribution in [0.2, 0.25) is 0 Å². The second-order valence-electron chi connectivity index (χ2n) is 5.52. The molecule has 0 saturated carbocycles. The van der Waals surface area contributed by atoms with E-state index in [0.717, 1.165) is 5.69 Å². The van der Waals surface area contributed by atoms with Crippen molar-refractivity contribution < 1.29 is 4.79 Å². The molecule has 0 spiro atoms. The average Bonchev–Trinajstić information content (AvgIpc) is 3.08. The van der Waals surface area contributed by atoms with E-state index >= 15 is 0 Å². The molecule has 0 unspecified atom stereocenters. The molecule has 0 saturated heterocycles. The fourth-order valence-electron chi connectivity index (χ4n) is 2.23. The summed E-state index contributed by atoms with van der Waals surface area (Å²) in [6.45, 7) is 2.79. The van der Waals surface area contributed by atoms with Gasteiger partial charge in [0.1, 0.15) is 11.5 Å². The van der Waals surface area contributed by atoms with Gasteiger partial charge in [-0.1, -0.05) is 6.07 Å². The summed E-state index contributed by atoms with van der Waals surface area (Å²) in [7, 11) is 0. The first kappa shape index (κ1) is 17.7. The molecule has 0 aliphatic carbocycles. The lowest BCUT2D eigenvalue weighted by atomic mass is 10.4. The lowest BCUT2D eigenvalue weighted by molar-refractivity contribution is 0.0948. The number of hydrogen-bond acceptors (Lipinski definition) is 7. The number of pyridine rings is 1. The Morgan fingerprint density at radius 2 is 2.12 bits per heavy atom. The van der Waals surface area contributed by atoms with Gasteiger partial charge in [0.05, 0.1) is 0 Å². The smallest absolute Gasteiger partial charge is 0.270 e. The van der Waals surface area contributed by atoms with Gasteiger partial charge in [-0.25, -0.2) is 14.6 Å². The molecule has 8 nitrogen and oxygen atoms in total. The minimum atomic E-state index is -0.250. The molecule has 2 N–H and O–H groups in total. The normalized spacial score (nSPS) is 10.5. The van der Waals surface area contributed by atoms with Crippen molar-refractivity contribution in [2.45, 2.75) is 19.9 Å². The quantitative estimate of drug-likeness (QED) is 0.617. The standard InChI is InChI=1S/C17H18N6O2S/c1-12-5-2-6-14(20-12)22-17-21-13(11-26-17)16(25)18-8-4-10-23-15(24)7-3-9-19-23/h2-3,5-7,9,11H,4,8,10H2,1H3,(H,18,25)(H,20,21,22). The first-order valence-electron chi connectivity index (χ1n) is 8.08. The molecule has 26 heavy (non-hydrogen) atoms. The highest BCUT2D eigenvalue weighted by Gasteiger charge is 2.10. The van der Waals surface area contributed by atoms with Crippen molar-refractivity contribution in [3.8, 4) is 0 Å². The number of nitrogens with one attached hydrogen (secondary N) is 2. The SMILES string of the molecule is Cc1cccc(Nc2nc(C(=O)NCCCn3ncccc3=O)cs2)n1. The van der Waals surface area contributed by atoms with Gasteiger partial charge in [-0.05, 0) is 31.5 Å². The Bertz CT molecular complexity index is 952. The lowest BCUT2D eigenvalue weighted by Gasteiger charge is -2.05. The Hall–Kier alpha value is -3.07. The van der Waals surface area contributed by atoms with Crippen molar-refractivity contribution in [3.05, 3.63) is 63.7 Å². The van der Waals surface area contributed by atoms with Crippen molar-refractivity contribution in [1.29, 1.82) is 0 Å². The number of amides is 1. The van der Waals surface area contributed by atoms with Crippen LogP contribution in [-0.2, 0) is 6.54 Å². The summed E-state index contributed by atoms with van der Waals surface area (Å²) in [5.74, 6) is 0.437. The zero-order valence-electron chi connectivity index (χ0n) is 14.2. The van der Waals surface area contributed by atoms with E-state index in [4.69, 9.17) is 0 Å². The molecule has 0 atom stereocenters. The first-order valence-corrected chi connectivity index (χ1v) is 8.96. The van der Waals surface area contributed by atoms with Crippen LogP contribution in [0.4, 0.5) is 10.9 Å². The van der Waals surface area contributed by atoms with Crippen molar-refractivity contribution in [2.24, 2.45) is 0 Å². The van der Waals surface area contributed by atoms with Gasteiger partial charge in [0.15, 0.2) is 5.13 Å². The second-order valence-corrected chi connectivity index (χ2v) is 6.38. The molecule has 9 heteroatoms. The van der Waals surface area contributed by atoms with Crippen molar-refractivity contribution in [1.82, 2.24) is 25.1 Å². The van der Waals surface area contributed by atoms with Crippen LogP contribution in [0.25, 0.3) is 0 Å². The van der Waals surface area contributed by atoms with Gasteiger partial charge >= 0.3 is 0 Å². The molecule has 134 valence electrons. The number of rotatable bonds is 7. The molecular weight excluding hydrogens is 352 g/mol. The minimum absolute atomic E-state index is 0.154. The molecule has 3 aromatic heterocycles. The predicted octanol–water partition coefficient (Wildman–Crippen LogP) is 1.97. The van der Waals surface area contributed by atoms with Crippen LogP contribution in [-0.4, -0.2) is 32.2 Å². The summed E-state index contributed by atoms with van der Waals surface area (Å²) in [4.78, 5) is 32.3. The fraction of sp³-hybridized carbons (Fsp3) is 0.235. The Kier molecular flexibility index (Phi) is 5.69. The third kappa shape index (κ3) is 4.73. The van der Waals surface area contributed by atoms with Crippen LogP contribution in [0, 0.1) is 6.92 Å². The maximum atomic E-state index is 12.1. The number of carbonyl (C=O) groups is 1. The molecule has 1 amide bonds. The van der Waals surface area contributed by atoms with E-state index in [9.17, 15) is 9.59 Å². The van der Waals surface area contributed by atoms with Crippen molar-refractivity contribution in [3.63, 3.8) is 0 Å². The van der Waals surface area contributed by atoms with E-state index in [1.807, 2.05) is 25.1 Å². The van der Waals surface area contributed by atoms with E-state index in [0.29, 0.717) is 36.2 Å². The van der Waals surface area contributed by atoms with Gasteiger partial charge in [-0.3, -0.25) is 9.59 Å². The first-order chi connectivity index (χ1) is 12.6. The Morgan fingerprint density at radius 3 is 2.92 bits per heavy atom. The van der Waals surface area contributed by atoms with E-state index in [1.165, 1.54) is 22.1 Å². The van der Waals surface area contributed by atoms with Gasteiger partial charge < -0.3 is 10.6 Å². The molecular formula is C17H18N6O2S. The Balaban J connectivity index is 1.49. The van der Waals surface area contributed by atoms with Gasteiger partial charge in [-0.15, -0.1) is 11.3 Å². The number of thiazole rings is 1. The highest BCUT2D eigenvalue weighted by Crippen LogP contribution is 2.19. The summed E-state index contributed by atoms with van der Waals surface area (Å²) in [6.07, 6.45) is 2.16. The minimum Gasteiger partial charge on any atom is -0.351 e. The molecule has 0 bridgehead atoms. The highest BCUT2D eigenvalue weighted by atomic mass is 32.1. The van der Waals surface area contributed by atoms with Crippen molar-refractivity contribution >= 4 is 28.2 Å². The van der Waals surface area contributed by atoms with Crippen LogP contribution < -0.4 is 16.2 Å². The summed E-state index contributed by atoms with van der Waals surface area (Å²) < 4.78 is 1.37. The van der Waals surface area contributed by atoms with Crippen LogP contribution in [0.5, 0.6) is 0 Å².